The summed E-state index contributed by atoms with van der Waals surface area (Å²) in [5.74, 6) is 1.27. The topological polar surface area (TPSA) is 43.4 Å². The molecule has 0 aliphatic carbocycles. The van der Waals surface area contributed by atoms with Gasteiger partial charge in [-0.3, -0.25) is 9.59 Å². The van der Waals surface area contributed by atoms with Gasteiger partial charge in [-0.2, -0.15) is 11.8 Å². The van der Waals surface area contributed by atoms with Gasteiger partial charge in [-0.15, -0.1) is 11.8 Å². The van der Waals surface area contributed by atoms with Crippen molar-refractivity contribution in [1.29, 1.82) is 0 Å². The van der Waals surface area contributed by atoms with E-state index in [1.165, 1.54) is 7.11 Å². The van der Waals surface area contributed by atoms with Gasteiger partial charge in [0.25, 0.3) is 0 Å². The first kappa shape index (κ1) is 16.9. The van der Waals surface area contributed by atoms with Crippen LogP contribution in [0.25, 0.3) is 0 Å². The van der Waals surface area contributed by atoms with Gasteiger partial charge in [-0.1, -0.05) is 26.7 Å². The average molecular weight is 304 g/mol. The van der Waals surface area contributed by atoms with Crippen molar-refractivity contribution in [3.63, 3.8) is 0 Å². The van der Waals surface area contributed by atoms with Crippen molar-refractivity contribution >= 4 is 35.3 Å². The number of thioether (sulfide) groups is 2. The quantitative estimate of drug-likeness (QED) is 0.534. The molecular weight excluding hydrogens is 280 g/mol. The third-order valence-corrected chi connectivity index (χ3v) is 6.67. The molecular formula is C14H24O3S2. The second kappa shape index (κ2) is 8.90. The zero-order chi connectivity index (χ0) is 14.3. The van der Waals surface area contributed by atoms with Crippen molar-refractivity contribution in [1.82, 2.24) is 0 Å². The van der Waals surface area contributed by atoms with Crippen LogP contribution in [0.4, 0.5) is 0 Å². The Morgan fingerprint density at radius 2 is 1.95 bits per heavy atom. The Labute approximate surface area is 124 Å². The van der Waals surface area contributed by atoms with E-state index < -0.39 is 5.92 Å². The lowest BCUT2D eigenvalue weighted by Crippen LogP contribution is -2.40. The van der Waals surface area contributed by atoms with E-state index in [1.54, 1.807) is 11.8 Å². The summed E-state index contributed by atoms with van der Waals surface area (Å²) in [6.45, 7) is 4.18. The van der Waals surface area contributed by atoms with E-state index in [0.29, 0.717) is 11.7 Å². The molecule has 0 amide bonds. The van der Waals surface area contributed by atoms with Crippen molar-refractivity contribution in [3.05, 3.63) is 0 Å². The molecule has 5 heteroatoms. The summed E-state index contributed by atoms with van der Waals surface area (Å²) < 4.78 is 4.81. The third kappa shape index (κ3) is 4.71. The first-order valence-electron chi connectivity index (χ1n) is 7.00. The van der Waals surface area contributed by atoms with Crippen molar-refractivity contribution in [2.24, 2.45) is 5.92 Å². The lowest BCUT2D eigenvalue weighted by Gasteiger charge is -2.30. The van der Waals surface area contributed by atoms with E-state index in [9.17, 15) is 9.59 Å². The number of unbranched alkanes of at least 4 members (excludes halogenated alkanes) is 1. The molecule has 3 atom stereocenters. The fraction of sp³-hybridized carbons (Fsp3) is 0.857. The highest BCUT2D eigenvalue weighted by Crippen LogP contribution is 2.36. The maximum atomic E-state index is 12.6. The monoisotopic (exact) mass is 304 g/mol. The summed E-state index contributed by atoms with van der Waals surface area (Å²) >= 11 is 3.58. The minimum Gasteiger partial charge on any atom is -0.468 e. The molecule has 0 radical (unpaired) electrons. The molecule has 0 bridgehead atoms. The first-order chi connectivity index (χ1) is 9.15. The second-order valence-corrected chi connectivity index (χ2v) is 7.33. The van der Waals surface area contributed by atoms with Crippen LogP contribution >= 0.6 is 23.5 Å². The average Bonchev–Trinajstić information content (AvgIpc) is 2.46. The molecule has 0 N–H and O–H groups in total. The van der Waals surface area contributed by atoms with E-state index in [0.717, 1.165) is 30.8 Å². The molecule has 1 fully saturated rings. The van der Waals surface area contributed by atoms with Crippen LogP contribution in [-0.4, -0.2) is 40.9 Å². The van der Waals surface area contributed by atoms with E-state index in [2.05, 4.69) is 13.8 Å². The number of carbonyl (C=O) groups is 2. The minimum atomic E-state index is -0.560. The molecule has 1 rings (SSSR count). The highest BCUT2D eigenvalue weighted by atomic mass is 32.2. The summed E-state index contributed by atoms with van der Waals surface area (Å²) in [4.78, 5) is 24.5. The highest BCUT2D eigenvalue weighted by molar-refractivity contribution is 8.07. The SMILES string of the molecule is CCCCC(C(=O)OC)C(=O)C1SCCSC1CC. The molecule has 0 spiro atoms. The molecule has 1 saturated heterocycles. The molecule has 0 saturated carbocycles. The van der Waals surface area contributed by atoms with Crippen LogP contribution in [0.1, 0.15) is 39.5 Å². The van der Waals surface area contributed by atoms with Crippen molar-refractivity contribution in [2.45, 2.75) is 50.0 Å². The van der Waals surface area contributed by atoms with E-state index in [1.807, 2.05) is 11.8 Å². The summed E-state index contributed by atoms with van der Waals surface area (Å²) in [7, 11) is 1.37. The van der Waals surface area contributed by atoms with Gasteiger partial charge in [0, 0.05) is 16.8 Å². The molecule has 0 aromatic heterocycles. The number of ketones is 1. The Hall–Kier alpha value is -0.160. The number of ether oxygens (including phenoxy) is 1. The maximum absolute atomic E-state index is 12.6. The fourth-order valence-corrected chi connectivity index (χ4v) is 5.37. The summed E-state index contributed by atoms with van der Waals surface area (Å²) in [6.07, 6.45) is 3.49. The Morgan fingerprint density at radius 1 is 1.26 bits per heavy atom. The molecule has 3 unspecified atom stereocenters. The van der Waals surface area contributed by atoms with Gasteiger partial charge >= 0.3 is 5.97 Å². The third-order valence-electron chi connectivity index (χ3n) is 3.41. The van der Waals surface area contributed by atoms with Crippen LogP contribution in [0.15, 0.2) is 0 Å². The zero-order valence-electron chi connectivity index (χ0n) is 12.0. The molecule has 3 nitrogen and oxygen atoms in total. The van der Waals surface area contributed by atoms with E-state index in [4.69, 9.17) is 4.74 Å². The van der Waals surface area contributed by atoms with Crippen LogP contribution in [0.2, 0.25) is 0 Å². The molecule has 0 aromatic carbocycles. The van der Waals surface area contributed by atoms with Gasteiger partial charge in [0.15, 0.2) is 5.78 Å². The normalized spacial score (nSPS) is 24.8. The minimum absolute atomic E-state index is 0.0373. The standard InChI is InChI=1S/C14H24O3S2/c1-4-6-7-10(14(16)17-3)12(15)13-11(5-2)18-8-9-19-13/h10-11,13H,4-9H2,1-3H3. The predicted octanol–water partition coefficient (Wildman–Crippen LogP) is 3.16. The zero-order valence-corrected chi connectivity index (χ0v) is 13.6. The Morgan fingerprint density at radius 3 is 2.53 bits per heavy atom. The number of rotatable bonds is 7. The van der Waals surface area contributed by atoms with Gasteiger partial charge < -0.3 is 4.74 Å². The molecule has 1 heterocycles. The molecule has 1 aliphatic heterocycles. The van der Waals surface area contributed by atoms with Gasteiger partial charge in [0.1, 0.15) is 5.92 Å². The van der Waals surface area contributed by atoms with Crippen molar-refractivity contribution in [2.75, 3.05) is 18.6 Å². The van der Waals surface area contributed by atoms with Crippen molar-refractivity contribution < 1.29 is 14.3 Å². The summed E-state index contributed by atoms with van der Waals surface area (Å²) in [5.41, 5.74) is 0. The second-order valence-electron chi connectivity index (χ2n) is 4.73. The lowest BCUT2D eigenvalue weighted by molar-refractivity contribution is -0.149. The number of Topliss-reactive ketones (excluding diaryl/α,β-unsaturated/α-hetero) is 1. The van der Waals surface area contributed by atoms with Crippen molar-refractivity contribution in [3.8, 4) is 0 Å². The molecule has 19 heavy (non-hydrogen) atoms. The number of methoxy groups -OCH3 is 1. The van der Waals surface area contributed by atoms with E-state index >= 15 is 0 Å². The number of carbonyl (C=O) groups excluding carboxylic acids is 2. The van der Waals surface area contributed by atoms with Crippen LogP contribution in [0.5, 0.6) is 0 Å². The smallest absolute Gasteiger partial charge is 0.316 e. The molecule has 1 aliphatic rings. The Balaban J connectivity index is 2.75. The maximum Gasteiger partial charge on any atom is 0.316 e. The highest BCUT2D eigenvalue weighted by Gasteiger charge is 2.38. The van der Waals surface area contributed by atoms with E-state index in [-0.39, 0.29) is 17.0 Å². The van der Waals surface area contributed by atoms with Crippen LogP contribution in [-0.2, 0) is 14.3 Å². The Kier molecular flexibility index (Phi) is 7.91. The number of hydrogen-bond donors (Lipinski definition) is 0. The predicted molar refractivity (Wildman–Crippen MR) is 82.8 cm³/mol. The van der Waals surface area contributed by atoms with Gasteiger partial charge in [0.05, 0.1) is 12.4 Å². The summed E-state index contributed by atoms with van der Waals surface area (Å²) in [6, 6.07) is 0. The molecule has 0 aromatic rings. The van der Waals surface area contributed by atoms with Gasteiger partial charge in [0.2, 0.25) is 0 Å². The van der Waals surface area contributed by atoms with Gasteiger partial charge in [-0.25, -0.2) is 0 Å². The summed E-state index contributed by atoms with van der Waals surface area (Å²) in [5, 5.41) is 0.310. The number of esters is 1. The lowest BCUT2D eigenvalue weighted by atomic mass is 9.93. The number of hydrogen-bond acceptors (Lipinski definition) is 5. The largest absolute Gasteiger partial charge is 0.468 e. The van der Waals surface area contributed by atoms with Gasteiger partial charge in [-0.05, 0) is 12.8 Å². The fourth-order valence-electron chi connectivity index (χ4n) is 2.29. The van der Waals surface area contributed by atoms with Crippen LogP contribution < -0.4 is 0 Å². The Bertz CT molecular complexity index is 307. The molecule has 110 valence electrons. The van der Waals surface area contributed by atoms with Crippen LogP contribution in [0, 0.1) is 5.92 Å². The first-order valence-corrected chi connectivity index (χ1v) is 9.10. The van der Waals surface area contributed by atoms with Crippen LogP contribution in [0.3, 0.4) is 0 Å².